The van der Waals surface area contributed by atoms with Crippen LogP contribution in [0.1, 0.15) is 24.0 Å². The number of carbonyl (C=O) groups is 1. The minimum Gasteiger partial charge on any atom is -0.340 e. The second kappa shape index (κ2) is 11.3. The second-order valence-corrected chi connectivity index (χ2v) is 10.9. The molecule has 4 rings (SSSR count). The molecule has 2 aromatic carbocycles. The van der Waals surface area contributed by atoms with E-state index >= 15 is 0 Å². The van der Waals surface area contributed by atoms with E-state index in [-0.39, 0.29) is 23.1 Å². The summed E-state index contributed by atoms with van der Waals surface area (Å²) in [7, 11) is -3.61. The average Bonchev–Trinajstić information content (AvgIpc) is 2.86. The van der Waals surface area contributed by atoms with Crippen LogP contribution in [0.3, 0.4) is 0 Å². The molecular formula is C26H32FN3O3S. The first-order valence-electron chi connectivity index (χ1n) is 11.9. The third-order valence-corrected chi connectivity index (χ3v) is 8.48. The normalized spacial score (nSPS) is 19.0. The number of halogens is 1. The molecule has 0 aromatic heterocycles. The fourth-order valence-electron chi connectivity index (χ4n) is 4.60. The molecule has 182 valence electrons. The maximum absolute atomic E-state index is 13.9. The summed E-state index contributed by atoms with van der Waals surface area (Å²) in [6.45, 7) is 4.53. The molecule has 2 saturated heterocycles. The molecule has 0 atom stereocenters. The fourth-order valence-corrected chi connectivity index (χ4v) is 6.17. The molecule has 2 aliphatic rings. The molecule has 1 amide bonds. The van der Waals surface area contributed by atoms with Crippen LogP contribution in [0.15, 0.2) is 60.7 Å². The Kier molecular flexibility index (Phi) is 8.13. The Morgan fingerprint density at radius 2 is 1.56 bits per heavy atom. The van der Waals surface area contributed by atoms with Crippen LogP contribution in [0.2, 0.25) is 0 Å². The minimum atomic E-state index is -3.61. The zero-order valence-corrected chi connectivity index (χ0v) is 20.2. The Hall–Kier alpha value is -2.55. The molecular weight excluding hydrogens is 453 g/mol. The predicted molar refractivity (Wildman–Crippen MR) is 132 cm³/mol. The summed E-state index contributed by atoms with van der Waals surface area (Å²) >= 11 is 0. The quantitative estimate of drug-likeness (QED) is 0.604. The lowest BCUT2D eigenvalue weighted by Gasteiger charge is -2.38. The van der Waals surface area contributed by atoms with Crippen LogP contribution in [-0.2, 0) is 20.6 Å². The summed E-state index contributed by atoms with van der Waals surface area (Å²) in [5, 5.41) is 0. The minimum absolute atomic E-state index is 0.130. The summed E-state index contributed by atoms with van der Waals surface area (Å²) in [5.41, 5.74) is 1.36. The fraction of sp³-hybridized carbons (Fsp3) is 0.423. The number of carbonyl (C=O) groups excluding carboxylic acids is 1. The van der Waals surface area contributed by atoms with Crippen LogP contribution < -0.4 is 0 Å². The predicted octanol–water partition coefficient (Wildman–Crippen LogP) is 3.23. The summed E-state index contributed by atoms with van der Waals surface area (Å²) < 4.78 is 40.8. The SMILES string of the molecule is O=C(C1CCN(S(=O)(=O)Cc2ccccc2F)CC1)N1CCN(CC=Cc2ccccc2)CC1. The van der Waals surface area contributed by atoms with E-state index in [1.165, 1.54) is 22.0 Å². The largest absolute Gasteiger partial charge is 0.340 e. The third-order valence-electron chi connectivity index (χ3n) is 6.65. The maximum Gasteiger partial charge on any atom is 0.225 e. The van der Waals surface area contributed by atoms with Crippen LogP contribution in [0, 0.1) is 11.7 Å². The smallest absolute Gasteiger partial charge is 0.225 e. The van der Waals surface area contributed by atoms with Gasteiger partial charge in [0, 0.05) is 57.3 Å². The zero-order valence-electron chi connectivity index (χ0n) is 19.4. The van der Waals surface area contributed by atoms with Crippen LogP contribution >= 0.6 is 0 Å². The number of sulfonamides is 1. The monoisotopic (exact) mass is 485 g/mol. The van der Waals surface area contributed by atoms with Crippen molar-refractivity contribution in [1.29, 1.82) is 0 Å². The molecule has 0 unspecified atom stereocenters. The second-order valence-electron chi connectivity index (χ2n) is 8.96. The molecule has 8 heteroatoms. The lowest BCUT2D eigenvalue weighted by molar-refractivity contribution is -0.138. The van der Waals surface area contributed by atoms with Crippen LogP contribution in [0.5, 0.6) is 0 Å². The summed E-state index contributed by atoms with van der Waals surface area (Å²) in [6.07, 6.45) is 5.29. The van der Waals surface area contributed by atoms with Crippen LogP contribution in [-0.4, -0.2) is 74.2 Å². The lowest BCUT2D eigenvalue weighted by atomic mass is 9.96. The van der Waals surface area contributed by atoms with Crippen molar-refractivity contribution in [3.8, 4) is 0 Å². The molecule has 6 nitrogen and oxygen atoms in total. The number of rotatable bonds is 7. The van der Waals surface area contributed by atoms with Gasteiger partial charge in [-0.25, -0.2) is 17.1 Å². The van der Waals surface area contributed by atoms with Crippen molar-refractivity contribution in [1.82, 2.24) is 14.1 Å². The van der Waals surface area contributed by atoms with Gasteiger partial charge in [-0.15, -0.1) is 0 Å². The van der Waals surface area contributed by atoms with Gasteiger partial charge in [-0.1, -0.05) is 60.7 Å². The highest BCUT2D eigenvalue weighted by Gasteiger charge is 2.34. The van der Waals surface area contributed by atoms with E-state index in [1.807, 2.05) is 23.1 Å². The highest BCUT2D eigenvalue weighted by atomic mass is 32.2. The zero-order chi connectivity index (χ0) is 24.0. The maximum atomic E-state index is 13.9. The van der Waals surface area contributed by atoms with Crippen molar-refractivity contribution < 1.29 is 17.6 Å². The van der Waals surface area contributed by atoms with Gasteiger partial charge < -0.3 is 4.90 Å². The molecule has 0 aliphatic carbocycles. The summed E-state index contributed by atoms with van der Waals surface area (Å²) in [5.74, 6) is -0.875. The van der Waals surface area contributed by atoms with Gasteiger partial charge in [-0.3, -0.25) is 9.69 Å². The molecule has 0 saturated carbocycles. The highest BCUT2D eigenvalue weighted by molar-refractivity contribution is 7.88. The molecule has 2 fully saturated rings. The first kappa shape index (κ1) is 24.6. The van der Waals surface area contributed by atoms with Gasteiger partial charge in [0.15, 0.2) is 0 Å². The van der Waals surface area contributed by atoms with Crippen molar-refractivity contribution in [2.75, 3.05) is 45.8 Å². The molecule has 2 aromatic rings. The van der Waals surface area contributed by atoms with Gasteiger partial charge in [0.2, 0.25) is 15.9 Å². The first-order chi connectivity index (χ1) is 16.4. The third kappa shape index (κ3) is 6.31. The standard InChI is InChI=1S/C26H32FN3O3S/c27-25-11-5-4-10-24(25)21-34(32,33)30-15-12-23(13-16-30)26(31)29-19-17-28(18-20-29)14-6-9-22-7-2-1-3-8-22/h1-11,23H,12-21H2. The number of hydrogen-bond donors (Lipinski definition) is 0. The Balaban J connectivity index is 1.22. The molecule has 34 heavy (non-hydrogen) atoms. The topological polar surface area (TPSA) is 60.9 Å². The number of piperidine rings is 1. The van der Waals surface area contributed by atoms with Gasteiger partial charge >= 0.3 is 0 Å². The molecule has 0 spiro atoms. The van der Waals surface area contributed by atoms with E-state index in [2.05, 4.69) is 29.2 Å². The number of benzene rings is 2. The van der Waals surface area contributed by atoms with Gasteiger partial charge in [0.1, 0.15) is 5.82 Å². The van der Waals surface area contributed by atoms with Gasteiger partial charge in [0.05, 0.1) is 5.75 Å². The van der Waals surface area contributed by atoms with Crippen molar-refractivity contribution in [3.63, 3.8) is 0 Å². The van der Waals surface area contributed by atoms with E-state index in [0.717, 1.165) is 19.6 Å². The molecule has 0 bridgehead atoms. The van der Waals surface area contributed by atoms with E-state index in [0.29, 0.717) is 39.0 Å². The van der Waals surface area contributed by atoms with E-state index in [9.17, 15) is 17.6 Å². The van der Waals surface area contributed by atoms with Crippen molar-refractivity contribution in [2.45, 2.75) is 18.6 Å². The summed E-state index contributed by atoms with van der Waals surface area (Å²) in [4.78, 5) is 17.3. The van der Waals surface area contributed by atoms with Gasteiger partial charge in [-0.2, -0.15) is 0 Å². The Morgan fingerprint density at radius 3 is 2.24 bits per heavy atom. The molecule has 2 heterocycles. The van der Waals surface area contributed by atoms with Gasteiger partial charge in [0.25, 0.3) is 0 Å². The van der Waals surface area contributed by atoms with Gasteiger partial charge in [-0.05, 0) is 24.5 Å². The van der Waals surface area contributed by atoms with E-state index in [4.69, 9.17) is 0 Å². The molecule has 0 radical (unpaired) electrons. The van der Waals surface area contributed by atoms with Crippen molar-refractivity contribution in [2.24, 2.45) is 5.92 Å². The average molecular weight is 486 g/mol. The molecule has 2 aliphatic heterocycles. The van der Waals surface area contributed by atoms with Crippen LogP contribution in [0.4, 0.5) is 4.39 Å². The Labute approximate surface area is 201 Å². The van der Waals surface area contributed by atoms with E-state index < -0.39 is 15.8 Å². The van der Waals surface area contributed by atoms with E-state index in [1.54, 1.807) is 12.1 Å². The van der Waals surface area contributed by atoms with Crippen LogP contribution in [0.25, 0.3) is 6.08 Å². The van der Waals surface area contributed by atoms with Crippen molar-refractivity contribution in [3.05, 3.63) is 77.6 Å². The highest BCUT2D eigenvalue weighted by Crippen LogP contribution is 2.24. The Morgan fingerprint density at radius 1 is 0.912 bits per heavy atom. The number of piperazine rings is 1. The lowest BCUT2D eigenvalue weighted by Crippen LogP contribution is -2.51. The number of hydrogen-bond acceptors (Lipinski definition) is 4. The van der Waals surface area contributed by atoms with Crippen molar-refractivity contribution >= 4 is 22.0 Å². The first-order valence-corrected chi connectivity index (χ1v) is 13.5. The summed E-state index contributed by atoms with van der Waals surface area (Å²) in [6, 6.07) is 16.1. The molecule has 0 N–H and O–H groups in total. The number of amides is 1. The number of nitrogens with zero attached hydrogens (tertiary/aromatic N) is 3. The Bertz CT molecular complexity index is 1090.